The minimum atomic E-state index is -0.365. The summed E-state index contributed by atoms with van der Waals surface area (Å²) in [7, 11) is 1.97. The standard InChI is InChI=1S/C16H13ClFN3/c1-21-16(9-2-3-9)12-6-10(4-5-14(12)20-21)11-7-15(17)19-8-13(11)18/h4-9H,2-3H2,1H3. The van der Waals surface area contributed by atoms with Crippen molar-refractivity contribution >= 4 is 22.5 Å². The second-order valence-electron chi connectivity index (χ2n) is 5.50. The van der Waals surface area contributed by atoms with E-state index in [4.69, 9.17) is 11.6 Å². The van der Waals surface area contributed by atoms with E-state index >= 15 is 0 Å². The lowest BCUT2D eigenvalue weighted by Crippen LogP contribution is -1.95. The largest absolute Gasteiger partial charge is 0.271 e. The number of benzene rings is 1. The molecule has 0 N–H and O–H groups in total. The average molecular weight is 302 g/mol. The lowest BCUT2D eigenvalue weighted by Gasteiger charge is -2.05. The van der Waals surface area contributed by atoms with Crippen LogP contribution >= 0.6 is 11.6 Å². The van der Waals surface area contributed by atoms with Gasteiger partial charge in [-0.05, 0) is 36.6 Å². The molecule has 1 saturated carbocycles. The van der Waals surface area contributed by atoms with Crippen molar-refractivity contribution in [3.63, 3.8) is 0 Å². The summed E-state index contributed by atoms with van der Waals surface area (Å²) in [6.45, 7) is 0. The van der Waals surface area contributed by atoms with E-state index in [2.05, 4.69) is 10.1 Å². The normalized spacial score (nSPS) is 14.8. The molecule has 0 radical (unpaired) electrons. The topological polar surface area (TPSA) is 30.7 Å². The van der Waals surface area contributed by atoms with Gasteiger partial charge in [0.25, 0.3) is 0 Å². The lowest BCUT2D eigenvalue weighted by molar-refractivity contribution is 0.625. The summed E-state index contributed by atoms with van der Waals surface area (Å²) in [5.41, 5.74) is 3.47. The second kappa shape index (κ2) is 4.53. The predicted molar refractivity (Wildman–Crippen MR) is 80.9 cm³/mol. The summed E-state index contributed by atoms with van der Waals surface area (Å²) < 4.78 is 15.9. The molecule has 1 aliphatic carbocycles. The molecule has 1 aromatic carbocycles. The number of hydrogen-bond donors (Lipinski definition) is 0. The lowest BCUT2D eigenvalue weighted by atomic mass is 10.0. The van der Waals surface area contributed by atoms with Crippen molar-refractivity contribution in [2.45, 2.75) is 18.8 Å². The number of hydrogen-bond acceptors (Lipinski definition) is 2. The van der Waals surface area contributed by atoms with Crippen LogP contribution in [0.3, 0.4) is 0 Å². The van der Waals surface area contributed by atoms with Gasteiger partial charge in [-0.2, -0.15) is 5.10 Å². The van der Waals surface area contributed by atoms with E-state index in [1.165, 1.54) is 18.5 Å². The molecule has 2 aromatic heterocycles. The fourth-order valence-electron chi connectivity index (χ4n) is 2.86. The molecular formula is C16H13ClFN3. The summed E-state index contributed by atoms with van der Waals surface area (Å²) in [5.74, 6) is 0.219. The van der Waals surface area contributed by atoms with Crippen molar-refractivity contribution in [2.75, 3.05) is 0 Å². The van der Waals surface area contributed by atoms with Crippen LogP contribution < -0.4 is 0 Å². The first-order chi connectivity index (χ1) is 10.1. The van der Waals surface area contributed by atoms with Gasteiger partial charge in [0.2, 0.25) is 0 Å². The third-order valence-electron chi connectivity index (χ3n) is 3.98. The van der Waals surface area contributed by atoms with Crippen molar-refractivity contribution < 1.29 is 4.39 Å². The summed E-state index contributed by atoms with van der Waals surface area (Å²) in [4.78, 5) is 3.76. The van der Waals surface area contributed by atoms with Gasteiger partial charge in [-0.25, -0.2) is 9.37 Å². The summed E-state index contributed by atoms with van der Waals surface area (Å²) >= 11 is 5.89. The number of pyridine rings is 1. The van der Waals surface area contributed by atoms with Crippen LogP contribution in [0.1, 0.15) is 24.5 Å². The van der Waals surface area contributed by atoms with Crippen LogP contribution in [0, 0.1) is 5.82 Å². The van der Waals surface area contributed by atoms with E-state index in [1.54, 1.807) is 6.07 Å². The van der Waals surface area contributed by atoms with Crippen LogP contribution in [0.25, 0.3) is 22.0 Å². The SMILES string of the molecule is Cn1nc2ccc(-c3cc(Cl)ncc3F)cc2c1C1CC1. The van der Waals surface area contributed by atoms with Gasteiger partial charge < -0.3 is 0 Å². The molecule has 0 amide bonds. The van der Waals surface area contributed by atoms with Gasteiger partial charge in [-0.1, -0.05) is 17.7 Å². The number of nitrogens with zero attached hydrogens (tertiary/aromatic N) is 3. The van der Waals surface area contributed by atoms with Crippen LogP contribution in [0.2, 0.25) is 5.15 Å². The highest BCUT2D eigenvalue weighted by Crippen LogP contribution is 2.43. The van der Waals surface area contributed by atoms with Gasteiger partial charge in [-0.3, -0.25) is 4.68 Å². The third kappa shape index (κ3) is 2.10. The number of halogens is 2. The van der Waals surface area contributed by atoms with Crippen LogP contribution in [-0.2, 0) is 7.05 Å². The molecule has 0 bridgehead atoms. The maximum absolute atomic E-state index is 14.0. The van der Waals surface area contributed by atoms with Gasteiger partial charge in [0.15, 0.2) is 0 Å². The van der Waals surface area contributed by atoms with Crippen molar-refractivity contribution in [2.24, 2.45) is 7.05 Å². The van der Waals surface area contributed by atoms with Crippen molar-refractivity contribution in [3.8, 4) is 11.1 Å². The van der Waals surface area contributed by atoms with E-state index in [1.807, 2.05) is 29.9 Å². The van der Waals surface area contributed by atoms with E-state index in [9.17, 15) is 4.39 Å². The Bertz CT molecular complexity index is 852. The first-order valence-corrected chi connectivity index (χ1v) is 7.29. The van der Waals surface area contributed by atoms with Crippen molar-refractivity contribution in [1.82, 2.24) is 14.8 Å². The molecule has 0 spiro atoms. The third-order valence-corrected chi connectivity index (χ3v) is 4.18. The Morgan fingerprint density at radius 2 is 2.10 bits per heavy atom. The zero-order valence-electron chi connectivity index (χ0n) is 11.5. The molecule has 106 valence electrons. The predicted octanol–water partition coefficient (Wildman–Crippen LogP) is 4.31. The monoisotopic (exact) mass is 301 g/mol. The number of rotatable bonds is 2. The maximum Gasteiger partial charge on any atom is 0.149 e. The molecule has 0 atom stereocenters. The number of aromatic nitrogens is 3. The highest BCUT2D eigenvalue weighted by atomic mass is 35.5. The quantitative estimate of drug-likeness (QED) is 0.661. The Balaban J connectivity index is 1.94. The fraction of sp³-hybridized carbons (Fsp3) is 0.250. The van der Waals surface area contributed by atoms with Crippen LogP contribution in [0.15, 0.2) is 30.5 Å². The molecule has 4 rings (SSSR count). The van der Waals surface area contributed by atoms with Gasteiger partial charge in [0.05, 0.1) is 11.7 Å². The van der Waals surface area contributed by atoms with E-state index < -0.39 is 0 Å². The smallest absolute Gasteiger partial charge is 0.149 e. The molecular weight excluding hydrogens is 289 g/mol. The first kappa shape index (κ1) is 12.8. The summed E-state index contributed by atoms with van der Waals surface area (Å²) in [6.07, 6.45) is 3.57. The van der Waals surface area contributed by atoms with Gasteiger partial charge >= 0.3 is 0 Å². The van der Waals surface area contributed by atoms with Crippen LogP contribution in [-0.4, -0.2) is 14.8 Å². The molecule has 0 saturated heterocycles. The Morgan fingerprint density at radius 3 is 2.86 bits per heavy atom. The minimum absolute atomic E-state index is 0.292. The van der Waals surface area contributed by atoms with Gasteiger partial charge in [0.1, 0.15) is 11.0 Å². The molecule has 0 unspecified atom stereocenters. The Morgan fingerprint density at radius 1 is 1.29 bits per heavy atom. The van der Waals surface area contributed by atoms with Gasteiger partial charge in [0, 0.05) is 29.6 Å². The molecule has 2 heterocycles. The first-order valence-electron chi connectivity index (χ1n) is 6.91. The molecule has 5 heteroatoms. The second-order valence-corrected chi connectivity index (χ2v) is 5.89. The highest BCUT2D eigenvalue weighted by molar-refractivity contribution is 6.29. The van der Waals surface area contributed by atoms with Crippen LogP contribution in [0.4, 0.5) is 4.39 Å². The minimum Gasteiger partial charge on any atom is -0.271 e. The molecule has 1 fully saturated rings. The number of fused-ring (bicyclic) bond motifs is 1. The molecule has 3 nitrogen and oxygen atoms in total. The molecule has 0 aliphatic heterocycles. The van der Waals surface area contributed by atoms with Crippen LogP contribution in [0.5, 0.6) is 0 Å². The summed E-state index contributed by atoms with van der Waals surface area (Å²) in [5, 5.41) is 5.93. The fourth-order valence-corrected chi connectivity index (χ4v) is 3.02. The average Bonchev–Trinajstić information content (AvgIpc) is 3.23. The highest BCUT2D eigenvalue weighted by Gasteiger charge is 2.29. The molecule has 3 aromatic rings. The Labute approximate surface area is 126 Å². The van der Waals surface area contributed by atoms with E-state index in [-0.39, 0.29) is 5.82 Å². The maximum atomic E-state index is 14.0. The van der Waals surface area contributed by atoms with Gasteiger partial charge in [-0.15, -0.1) is 0 Å². The Hall–Kier alpha value is -1.94. The molecule has 21 heavy (non-hydrogen) atoms. The number of aryl methyl sites for hydroxylation is 1. The van der Waals surface area contributed by atoms with Crippen molar-refractivity contribution in [3.05, 3.63) is 47.1 Å². The zero-order chi connectivity index (χ0) is 14.6. The van der Waals surface area contributed by atoms with E-state index in [0.29, 0.717) is 16.6 Å². The Kier molecular flexibility index (Phi) is 2.76. The summed E-state index contributed by atoms with van der Waals surface area (Å²) in [6, 6.07) is 7.38. The van der Waals surface area contributed by atoms with E-state index in [0.717, 1.165) is 22.7 Å². The van der Waals surface area contributed by atoms with Crippen molar-refractivity contribution in [1.29, 1.82) is 0 Å². The molecule has 1 aliphatic rings. The zero-order valence-corrected chi connectivity index (χ0v) is 12.2.